The van der Waals surface area contributed by atoms with E-state index in [2.05, 4.69) is 17.0 Å². The lowest BCUT2D eigenvalue weighted by molar-refractivity contribution is 0.0141. The normalized spacial score (nSPS) is 16.9. The largest absolute Gasteiger partial charge is 0.444 e. The molecule has 8 nitrogen and oxygen atoms in total. The molecule has 2 aromatic carbocycles. The van der Waals surface area contributed by atoms with Crippen molar-refractivity contribution < 1.29 is 23.5 Å². The molecule has 3 aromatic rings. The van der Waals surface area contributed by atoms with Gasteiger partial charge in [-0.25, -0.2) is 14.2 Å². The molecule has 0 bridgehead atoms. The van der Waals surface area contributed by atoms with E-state index in [0.717, 1.165) is 38.4 Å². The third kappa shape index (κ3) is 6.54. The molecular formula is C30H35FN4O4. The number of pyridine rings is 1. The molecule has 0 atom stereocenters. The van der Waals surface area contributed by atoms with E-state index in [1.54, 1.807) is 21.9 Å². The average molecular weight is 535 g/mol. The number of benzene rings is 2. The number of nitrogens with zero attached hydrogens (tertiary/aromatic N) is 4. The number of rotatable bonds is 4. The van der Waals surface area contributed by atoms with Crippen LogP contribution in [0.25, 0.3) is 22.2 Å². The van der Waals surface area contributed by atoms with Gasteiger partial charge in [0.15, 0.2) is 0 Å². The van der Waals surface area contributed by atoms with Crippen molar-refractivity contribution in [1.82, 2.24) is 19.7 Å². The highest BCUT2D eigenvalue weighted by molar-refractivity contribution is 6.07. The Hall–Kier alpha value is -3.56. The summed E-state index contributed by atoms with van der Waals surface area (Å²) in [7, 11) is 0. The lowest BCUT2D eigenvalue weighted by Crippen LogP contribution is -2.51. The Balaban J connectivity index is 1.36. The lowest BCUT2D eigenvalue weighted by Gasteiger charge is -2.35. The number of hydrogen-bond acceptors (Lipinski definition) is 6. The second-order valence-electron chi connectivity index (χ2n) is 11.1. The van der Waals surface area contributed by atoms with Gasteiger partial charge in [0.25, 0.3) is 5.91 Å². The van der Waals surface area contributed by atoms with E-state index in [1.807, 2.05) is 32.9 Å². The van der Waals surface area contributed by atoms with Gasteiger partial charge in [0, 0.05) is 56.8 Å². The fourth-order valence-electron chi connectivity index (χ4n) is 4.91. The van der Waals surface area contributed by atoms with E-state index in [4.69, 9.17) is 14.5 Å². The van der Waals surface area contributed by atoms with Crippen LogP contribution in [-0.4, -0.2) is 89.8 Å². The quantitative estimate of drug-likeness (QED) is 0.488. The summed E-state index contributed by atoms with van der Waals surface area (Å²) in [5.74, 6) is -0.629. The fraction of sp³-hybridized carbons (Fsp3) is 0.433. The second-order valence-corrected chi connectivity index (χ2v) is 11.1. The number of hydrogen-bond donors (Lipinski definition) is 0. The zero-order chi connectivity index (χ0) is 27.6. The molecule has 2 amide bonds. The molecule has 39 heavy (non-hydrogen) atoms. The zero-order valence-electron chi connectivity index (χ0n) is 22.8. The molecule has 0 radical (unpaired) electrons. The maximum Gasteiger partial charge on any atom is 0.410 e. The van der Waals surface area contributed by atoms with Crippen LogP contribution in [0, 0.1) is 5.82 Å². The van der Waals surface area contributed by atoms with Crippen LogP contribution >= 0.6 is 0 Å². The summed E-state index contributed by atoms with van der Waals surface area (Å²) >= 11 is 0. The molecule has 2 aliphatic rings. The monoisotopic (exact) mass is 534 g/mol. The maximum absolute atomic E-state index is 14.2. The number of morpholine rings is 1. The Labute approximate surface area is 228 Å². The molecule has 2 fully saturated rings. The van der Waals surface area contributed by atoms with Crippen molar-refractivity contribution in [3.63, 3.8) is 0 Å². The van der Waals surface area contributed by atoms with Gasteiger partial charge in [0.05, 0.1) is 30.0 Å². The van der Waals surface area contributed by atoms with Crippen LogP contribution in [0.5, 0.6) is 0 Å². The molecule has 2 saturated heterocycles. The van der Waals surface area contributed by atoms with E-state index in [1.165, 1.54) is 17.7 Å². The highest BCUT2D eigenvalue weighted by Crippen LogP contribution is 2.28. The SMILES string of the molecule is CC(C)(C)OC(=O)N1CCN(C(=O)c2cc(-c3ccc(CN4CCOCC4)cc3)nc3ccc(F)cc23)CC1. The molecule has 3 heterocycles. The van der Waals surface area contributed by atoms with Crippen molar-refractivity contribution in [2.24, 2.45) is 0 Å². The summed E-state index contributed by atoms with van der Waals surface area (Å²) in [6.07, 6.45) is -0.384. The summed E-state index contributed by atoms with van der Waals surface area (Å²) in [5.41, 5.74) is 3.11. The predicted molar refractivity (Wildman–Crippen MR) is 147 cm³/mol. The first-order valence-corrected chi connectivity index (χ1v) is 13.4. The van der Waals surface area contributed by atoms with E-state index in [9.17, 15) is 14.0 Å². The maximum atomic E-state index is 14.2. The molecular weight excluding hydrogens is 499 g/mol. The van der Waals surface area contributed by atoms with E-state index in [-0.39, 0.29) is 12.0 Å². The molecule has 1 aromatic heterocycles. The van der Waals surface area contributed by atoms with Crippen molar-refractivity contribution in [3.05, 3.63) is 65.5 Å². The number of ether oxygens (including phenoxy) is 2. The van der Waals surface area contributed by atoms with Gasteiger partial charge in [-0.15, -0.1) is 0 Å². The van der Waals surface area contributed by atoms with Gasteiger partial charge in [-0.05, 0) is 50.6 Å². The van der Waals surface area contributed by atoms with Crippen molar-refractivity contribution in [2.45, 2.75) is 32.9 Å². The number of fused-ring (bicyclic) bond motifs is 1. The Morgan fingerprint density at radius 1 is 0.923 bits per heavy atom. The Kier molecular flexibility index (Phi) is 7.81. The van der Waals surface area contributed by atoms with Crippen molar-refractivity contribution in [3.8, 4) is 11.3 Å². The first kappa shape index (κ1) is 27.0. The number of carbonyl (C=O) groups excluding carboxylic acids is 2. The predicted octanol–water partition coefficient (Wildman–Crippen LogP) is 4.57. The van der Waals surface area contributed by atoms with E-state index in [0.29, 0.717) is 48.3 Å². The minimum atomic E-state index is -0.582. The Morgan fingerprint density at radius 2 is 1.59 bits per heavy atom. The van der Waals surface area contributed by atoms with Crippen LogP contribution in [0.15, 0.2) is 48.5 Å². The van der Waals surface area contributed by atoms with Crippen molar-refractivity contribution in [2.75, 3.05) is 52.5 Å². The number of amides is 2. The van der Waals surface area contributed by atoms with Crippen LogP contribution in [-0.2, 0) is 16.0 Å². The van der Waals surface area contributed by atoms with Crippen LogP contribution in [0.2, 0.25) is 0 Å². The van der Waals surface area contributed by atoms with Gasteiger partial charge in [-0.1, -0.05) is 24.3 Å². The molecule has 0 N–H and O–H groups in total. The van der Waals surface area contributed by atoms with E-state index < -0.39 is 11.4 Å². The summed E-state index contributed by atoms with van der Waals surface area (Å²) in [6.45, 7) is 11.2. The van der Waals surface area contributed by atoms with Crippen LogP contribution < -0.4 is 0 Å². The zero-order valence-corrected chi connectivity index (χ0v) is 22.8. The highest BCUT2D eigenvalue weighted by Gasteiger charge is 2.29. The van der Waals surface area contributed by atoms with Gasteiger partial charge < -0.3 is 19.3 Å². The van der Waals surface area contributed by atoms with Gasteiger partial charge >= 0.3 is 6.09 Å². The van der Waals surface area contributed by atoms with Gasteiger partial charge in [-0.3, -0.25) is 9.69 Å². The third-order valence-electron chi connectivity index (χ3n) is 6.98. The minimum absolute atomic E-state index is 0.206. The molecule has 206 valence electrons. The molecule has 9 heteroatoms. The standard InChI is InChI=1S/C30H35FN4O4/c1-30(2,3)39-29(37)35-12-10-34(11-13-35)28(36)25-19-27(32-26-9-8-23(31)18-24(25)26)22-6-4-21(5-7-22)20-33-14-16-38-17-15-33/h4-9,18-19H,10-17,20H2,1-3H3. The highest BCUT2D eigenvalue weighted by atomic mass is 19.1. The Morgan fingerprint density at radius 3 is 2.26 bits per heavy atom. The topological polar surface area (TPSA) is 75.2 Å². The molecule has 5 rings (SSSR count). The summed E-state index contributed by atoms with van der Waals surface area (Å²) in [4.78, 5) is 36.6. The molecule has 0 spiro atoms. The van der Waals surface area contributed by atoms with Crippen LogP contribution in [0.1, 0.15) is 36.7 Å². The van der Waals surface area contributed by atoms with Crippen LogP contribution in [0.3, 0.4) is 0 Å². The summed E-state index contributed by atoms with van der Waals surface area (Å²) in [5, 5.41) is 0.474. The van der Waals surface area contributed by atoms with Crippen molar-refractivity contribution in [1.29, 1.82) is 0 Å². The Bertz CT molecular complexity index is 1340. The van der Waals surface area contributed by atoms with Gasteiger partial charge in [-0.2, -0.15) is 0 Å². The molecule has 0 aliphatic carbocycles. The second kappa shape index (κ2) is 11.3. The lowest BCUT2D eigenvalue weighted by atomic mass is 10.0. The first-order chi connectivity index (χ1) is 18.7. The first-order valence-electron chi connectivity index (χ1n) is 13.4. The summed E-state index contributed by atoms with van der Waals surface area (Å²) < 4.78 is 25.1. The smallest absolute Gasteiger partial charge is 0.410 e. The van der Waals surface area contributed by atoms with Gasteiger partial charge in [0.2, 0.25) is 0 Å². The van der Waals surface area contributed by atoms with Crippen LogP contribution in [0.4, 0.5) is 9.18 Å². The number of aromatic nitrogens is 1. The summed E-state index contributed by atoms with van der Waals surface area (Å²) in [6, 6.07) is 14.3. The third-order valence-corrected chi connectivity index (χ3v) is 6.98. The molecule has 0 saturated carbocycles. The average Bonchev–Trinajstić information content (AvgIpc) is 2.92. The number of carbonyl (C=O) groups is 2. The fourth-order valence-corrected chi connectivity index (χ4v) is 4.91. The van der Waals surface area contributed by atoms with E-state index >= 15 is 0 Å². The molecule has 2 aliphatic heterocycles. The molecule has 0 unspecified atom stereocenters. The van der Waals surface area contributed by atoms with Crippen molar-refractivity contribution >= 4 is 22.9 Å². The number of halogens is 1. The number of piperazine rings is 1. The minimum Gasteiger partial charge on any atom is -0.444 e. The van der Waals surface area contributed by atoms with Gasteiger partial charge in [0.1, 0.15) is 11.4 Å².